The average molecular weight is 482 g/mol. The maximum absolute atomic E-state index is 11.3. The first-order valence-corrected chi connectivity index (χ1v) is 11.3. The van der Waals surface area contributed by atoms with E-state index in [9.17, 15) is 25.2 Å². The highest BCUT2D eigenvalue weighted by Gasteiger charge is 2.48. The first kappa shape index (κ1) is 24.6. The van der Waals surface area contributed by atoms with Crippen molar-refractivity contribution in [2.45, 2.75) is 56.8 Å². The number of nitrogens with zero attached hydrogens (tertiary/aromatic N) is 5. The number of aliphatic hydroxyl groups is 3. The van der Waals surface area contributed by atoms with E-state index in [1.807, 2.05) is 12.1 Å². The van der Waals surface area contributed by atoms with Crippen LogP contribution < -0.4 is 0 Å². The largest absolute Gasteiger partial charge is 0.479 e. The highest BCUT2D eigenvalue weighted by molar-refractivity contribution is 5.73. The zero-order chi connectivity index (χ0) is 24.9. The Kier molecular flexibility index (Phi) is 7.61. The van der Waals surface area contributed by atoms with Crippen LogP contribution in [0.5, 0.6) is 0 Å². The Balaban J connectivity index is 1.43. The molecule has 184 valence electrons. The Hall–Kier alpha value is -3.51. The van der Waals surface area contributed by atoms with Crippen LogP contribution in [0.15, 0.2) is 65.0 Å². The number of azo groups is 1. The van der Waals surface area contributed by atoms with Crippen molar-refractivity contribution in [2.24, 2.45) is 10.2 Å². The van der Waals surface area contributed by atoms with Crippen molar-refractivity contribution in [3.8, 4) is 11.3 Å². The van der Waals surface area contributed by atoms with Crippen molar-refractivity contribution in [3.05, 3.63) is 60.3 Å². The van der Waals surface area contributed by atoms with Crippen molar-refractivity contribution in [2.75, 3.05) is 0 Å². The highest BCUT2D eigenvalue weighted by atomic mass is 16.6. The van der Waals surface area contributed by atoms with Gasteiger partial charge >= 0.3 is 5.97 Å². The summed E-state index contributed by atoms with van der Waals surface area (Å²) in [5.41, 5.74) is 3.80. The van der Waals surface area contributed by atoms with Gasteiger partial charge in [-0.25, -0.2) is 9.48 Å². The Bertz CT molecular complexity index is 1160. The number of carboxylic acid groups (broad SMARTS) is 1. The predicted octanol–water partition coefficient (Wildman–Crippen LogP) is 2.77. The van der Waals surface area contributed by atoms with Gasteiger partial charge in [-0.3, -0.25) is 0 Å². The standard InChI is InChI=1S/C24H27N5O6/c1-2-3-4-14-5-9-16(10-6-14)25-26-17-11-7-15(8-12-17)18-13-29(28-27-18)23-21(32)19(30)20(31)22(35-23)24(33)34/h5-13,19-23,30-32H,2-4H2,1H3,(H,33,34)/t19-,20-,21+,22-,23+/m0/s1. The minimum Gasteiger partial charge on any atom is -0.479 e. The first-order chi connectivity index (χ1) is 16.9. The Labute approximate surface area is 201 Å². The Morgan fingerprint density at radius 1 is 0.971 bits per heavy atom. The van der Waals surface area contributed by atoms with Crippen molar-refractivity contribution in [1.82, 2.24) is 15.0 Å². The molecule has 35 heavy (non-hydrogen) atoms. The lowest BCUT2D eigenvalue weighted by Gasteiger charge is -2.38. The molecule has 0 saturated carbocycles. The number of carbonyl (C=O) groups is 1. The first-order valence-electron chi connectivity index (χ1n) is 11.3. The van der Waals surface area contributed by atoms with Crippen molar-refractivity contribution in [1.29, 1.82) is 0 Å². The Morgan fingerprint density at radius 2 is 1.60 bits per heavy atom. The minimum absolute atomic E-state index is 0.430. The molecule has 1 saturated heterocycles. The fourth-order valence-electron chi connectivity index (χ4n) is 3.74. The van der Waals surface area contributed by atoms with Gasteiger partial charge in [-0.1, -0.05) is 42.8 Å². The van der Waals surface area contributed by atoms with Gasteiger partial charge in [0, 0.05) is 5.56 Å². The number of rotatable bonds is 8. The summed E-state index contributed by atoms with van der Waals surface area (Å²) in [6, 6.07) is 15.1. The fourth-order valence-corrected chi connectivity index (χ4v) is 3.74. The quantitative estimate of drug-likeness (QED) is 0.357. The molecule has 4 N–H and O–H groups in total. The van der Waals surface area contributed by atoms with Crippen LogP contribution in [-0.2, 0) is 16.0 Å². The number of ether oxygens (including phenoxy) is 1. The van der Waals surface area contributed by atoms with Gasteiger partial charge in [0.2, 0.25) is 0 Å². The van der Waals surface area contributed by atoms with E-state index >= 15 is 0 Å². The second kappa shape index (κ2) is 10.8. The third-order valence-corrected chi connectivity index (χ3v) is 5.80. The lowest BCUT2D eigenvalue weighted by Crippen LogP contribution is -2.57. The number of carboxylic acids is 1. The lowest BCUT2D eigenvalue weighted by molar-refractivity contribution is -0.249. The number of aromatic nitrogens is 3. The number of aryl methyl sites for hydroxylation is 1. The van der Waals surface area contributed by atoms with Crippen molar-refractivity contribution >= 4 is 17.3 Å². The second-order valence-electron chi connectivity index (χ2n) is 8.36. The molecule has 0 spiro atoms. The number of hydrogen-bond acceptors (Lipinski definition) is 9. The van der Waals surface area contributed by atoms with Gasteiger partial charge in [0.05, 0.1) is 17.6 Å². The van der Waals surface area contributed by atoms with Crippen molar-refractivity contribution in [3.63, 3.8) is 0 Å². The molecule has 2 aromatic carbocycles. The van der Waals surface area contributed by atoms with Gasteiger partial charge in [0.1, 0.15) is 24.0 Å². The summed E-state index contributed by atoms with van der Waals surface area (Å²) < 4.78 is 6.39. The topological polar surface area (TPSA) is 163 Å². The normalized spacial score (nSPS) is 24.6. The number of aliphatic hydroxyl groups excluding tert-OH is 3. The number of unbranched alkanes of at least 4 members (excludes halogenated alkanes) is 1. The molecular formula is C24H27N5O6. The molecule has 0 bridgehead atoms. The predicted molar refractivity (Wildman–Crippen MR) is 124 cm³/mol. The summed E-state index contributed by atoms with van der Waals surface area (Å²) in [5, 5.41) is 55.8. The van der Waals surface area contributed by atoms with E-state index in [4.69, 9.17) is 4.74 Å². The molecule has 0 aliphatic carbocycles. The summed E-state index contributed by atoms with van der Waals surface area (Å²) in [7, 11) is 0. The molecule has 0 amide bonds. The third kappa shape index (κ3) is 5.60. The van der Waals surface area contributed by atoms with E-state index in [1.54, 1.807) is 24.3 Å². The molecule has 5 atom stereocenters. The van der Waals surface area contributed by atoms with Crippen LogP contribution >= 0.6 is 0 Å². The smallest absolute Gasteiger partial charge is 0.335 e. The van der Waals surface area contributed by atoms with E-state index in [1.165, 1.54) is 11.8 Å². The molecule has 3 aromatic rings. The molecule has 11 heteroatoms. The van der Waals surface area contributed by atoms with Crippen LogP contribution in [0.2, 0.25) is 0 Å². The molecule has 1 aliphatic heterocycles. The zero-order valence-corrected chi connectivity index (χ0v) is 19.0. The zero-order valence-electron chi connectivity index (χ0n) is 19.0. The molecule has 1 aromatic heterocycles. The van der Waals surface area contributed by atoms with E-state index in [0.29, 0.717) is 16.9 Å². The van der Waals surface area contributed by atoms with Gasteiger partial charge in [-0.15, -0.1) is 5.10 Å². The van der Waals surface area contributed by atoms with E-state index < -0.39 is 36.6 Å². The molecule has 2 heterocycles. The molecule has 1 fully saturated rings. The summed E-state index contributed by atoms with van der Waals surface area (Å²) in [6.07, 6.45) is -3.34. The van der Waals surface area contributed by atoms with Gasteiger partial charge in [0.25, 0.3) is 0 Å². The van der Waals surface area contributed by atoms with Gasteiger partial charge in [-0.2, -0.15) is 10.2 Å². The van der Waals surface area contributed by atoms with Gasteiger partial charge in [0.15, 0.2) is 12.3 Å². The summed E-state index contributed by atoms with van der Waals surface area (Å²) in [6.45, 7) is 2.17. The number of aliphatic carboxylic acids is 1. The highest BCUT2D eigenvalue weighted by Crippen LogP contribution is 2.30. The third-order valence-electron chi connectivity index (χ3n) is 5.80. The summed E-state index contributed by atoms with van der Waals surface area (Å²) in [4.78, 5) is 11.3. The SMILES string of the molecule is CCCCc1ccc(N=Nc2ccc(-c3cn([C@@H]4O[C@H](C(=O)O)[C@@H](O)[C@H](O)[C@H]4O)nn3)cc2)cc1. The van der Waals surface area contributed by atoms with E-state index in [2.05, 4.69) is 39.6 Å². The molecule has 11 nitrogen and oxygen atoms in total. The molecule has 0 unspecified atom stereocenters. The van der Waals surface area contributed by atoms with Crippen LogP contribution in [-0.4, -0.2) is 65.8 Å². The van der Waals surface area contributed by atoms with Gasteiger partial charge in [-0.05, 0) is 42.7 Å². The maximum Gasteiger partial charge on any atom is 0.335 e. The van der Waals surface area contributed by atoms with Crippen LogP contribution in [0.4, 0.5) is 11.4 Å². The number of benzene rings is 2. The lowest BCUT2D eigenvalue weighted by atomic mass is 9.98. The minimum atomic E-state index is -1.78. The van der Waals surface area contributed by atoms with Gasteiger partial charge < -0.3 is 25.2 Å². The average Bonchev–Trinajstić information content (AvgIpc) is 3.35. The van der Waals surface area contributed by atoms with Crippen LogP contribution in [0.25, 0.3) is 11.3 Å². The Morgan fingerprint density at radius 3 is 2.20 bits per heavy atom. The second-order valence-corrected chi connectivity index (χ2v) is 8.36. The van der Waals surface area contributed by atoms with Crippen LogP contribution in [0.1, 0.15) is 31.6 Å². The molecule has 1 aliphatic rings. The van der Waals surface area contributed by atoms with Crippen LogP contribution in [0.3, 0.4) is 0 Å². The van der Waals surface area contributed by atoms with E-state index in [-0.39, 0.29) is 0 Å². The molecular weight excluding hydrogens is 454 g/mol. The number of hydrogen-bond donors (Lipinski definition) is 4. The van der Waals surface area contributed by atoms with Crippen molar-refractivity contribution < 1.29 is 30.0 Å². The summed E-state index contributed by atoms with van der Waals surface area (Å²) >= 11 is 0. The van der Waals surface area contributed by atoms with E-state index in [0.717, 1.165) is 29.6 Å². The molecule has 4 rings (SSSR count). The molecule has 0 radical (unpaired) electrons. The summed E-state index contributed by atoms with van der Waals surface area (Å²) in [5.74, 6) is -1.47. The van der Waals surface area contributed by atoms with Crippen LogP contribution in [0, 0.1) is 0 Å². The maximum atomic E-state index is 11.3. The monoisotopic (exact) mass is 481 g/mol. The fraction of sp³-hybridized carbons (Fsp3) is 0.375.